The first-order valence-corrected chi connectivity index (χ1v) is 10.7. The molecule has 1 unspecified atom stereocenters. The summed E-state index contributed by atoms with van der Waals surface area (Å²) in [5.41, 5.74) is 13.0. The molecule has 1 atom stereocenters. The van der Waals surface area contributed by atoms with Crippen molar-refractivity contribution in [2.24, 2.45) is 5.73 Å². The normalized spacial score (nSPS) is 17.9. The molecule has 4 rings (SSSR count). The lowest BCUT2D eigenvalue weighted by Crippen LogP contribution is -2.33. The minimum Gasteiger partial charge on any atom is -0.394 e. The maximum absolute atomic E-state index is 9.24. The van der Waals surface area contributed by atoms with Gasteiger partial charge < -0.3 is 10.8 Å². The second-order valence-corrected chi connectivity index (χ2v) is 9.70. The molecule has 0 radical (unpaired) electrons. The first kappa shape index (κ1) is 20.7. The predicted octanol–water partition coefficient (Wildman–Crippen LogP) is 5.15. The number of aliphatic hydroxyl groups excluding tert-OH is 1. The van der Waals surface area contributed by atoms with Crippen LogP contribution in [0, 0.1) is 0 Å². The third-order valence-corrected chi connectivity index (χ3v) is 6.60. The first-order valence-electron chi connectivity index (χ1n) is 10.7. The summed E-state index contributed by atoms with van der Waals surface area (Å²) in [5.74, 6) is 0.689. The fourth-order valence-corrected chi connectivity index (χ4v) is 4.39. The Bertz CT molecular complexity index is 1050. The van der Waals surface area contributed by atoms with Gasteiger partial charge in [-0.05, 0) is 52.5 Å². The molecule has 30 heavy (non-hydrogen) atoms. The van der Waals surface area contributed by atoms with Gasteiger partial charge in [-0.1, -0.05) is 64.1 Å². The Morgan fingerprint density at radius 3 is 2.20 bits per heavy atom. The molecule has 0 saturated carbocycles. The molecule has 1 aliphatic rings. The van der Waals surface area contributed by atoms with Crippen LogP contribution in [0.2, 0.25) is 0 Å². The van der Waals surface area contributed by atoms with Gasteiger partial charge >= 0.3 is 0 Å². The van der Waals surface area contributed by atoms with Crippen molar-refractivity contribution >= 4 is 0 Å². The standard InChI is InChI=1S/C26H31N3O/c1-25(2)12-13-26(3,4)21-15-19(9-10-20(21)25)23-11-14-28-24(29-23)18-7-5-17(6-8-18)22(27)16-30/h5-11,14-15,22,30H,12-13,16,27H2,1-4H3. The quantitative estimate of drug-likeness (QED) is 0.634. The van der Waals surface area contributed by atoms with Crippen LogP contribution in [-0.2, 0) is 10.8 Å². The summed E-state index contributed by atoms with van der Waals surface area (Å²) in [6, 6.07) is 16.2. The molecular weight excluding hydrogens is 370 g/mol. The van der Waals surface area contributed by atoms with Crippen LogP contribution in [0.4, 0.5) is 0 Å². The van der Waals surface area contributed by atoms with Crippen molar-refractivity contribution in [2.75, 3.05) is 6.61 Å². The van der Waals surface area contributed by atoms with Crippen LogP contribution in [-0.4, -0.2) is 21.7 Å². The largest absolute Gasteiger partial charge is 0.394 e. The Labute approximate surface area is 179 Å². The lowest BCUT2D eigenvalue weighted by molar-refractivity contribution is 0.268. The van der Waals surface area contributed by atoms with Crippen molar-refractivity contribution in [3.8, 4) is 22.6 Å². The molecule has 0 aliphatic heterocycles. The highest BCUT2D eigenvalue weighted by Gasteiger charge is 2.37. The van der Waals surface area contributed by atoms with E-state index < -0.39 is 0 Å². The van der Waals surface area contributed by atoms with Gasteiger partial charge in [-0.15, -0.1) is 0 Å². The van der Waals surface area contributed by atoms with Crippen LogP contribution < -0.4 is 5.73 Å². The molecule has 3 aromatic rings. The highest BCUT2D eigenvalue weighted by Crippen LogP contribution is 2.46. The molecule has 0 spiro atoms. The molecule has 2 aromatic carbocycles. The number of aliphatic hydroxyl groups is 1. The fourth-order valence-electron chi connectivity index (χ4n) is 4.39. The number of rotatable bonds is 4. The molecule has 4 heteroatoms. The van der Waals surface area contributed by atoms with Crippen molar-refractivity contribution in [2.45, 2.75) is 57.4 Å². The second kappa shape index (κ2) is 7.60. The first-order chi connectivity index (χ1) is 14.2. The molecule has 156 valence electrons. The Balaban J connectivity index is 1.71. The summed E-state index contributed by atoms with van der Waals surface area (Å²) >= 11 is 0. The molecular formula is C26H31N3O. The molecule has 3 N–H and O–H groups in total. The third kappa shape index (κ3) is 3.78. The Hall–Kier alpha value is -2.56. The van der Waals surface area contributed by atoms with E-state index in [0.717, 1.165) is 22.4 Å². The average Bonchev–Trinajstić information content (AvgIpc) is 2.76. The van der Waals surface area contributed by atoms with Crippen molar-refractivity contribution in [3.63, 3.8) is 0 Å². The van der Waals surface area contributed by atoms with Crippen LogP contribution in [0.5, 0.6) is 0 Å². The Morgan fingerprint density at radius 2 is 1.53 bits per heavy atom. The van der Waals surface area contributed by atoms with Crippen LogP contribution in [0.3, 0.4) is 0 Å². The molecule has 1 aromatic heterocycles. The van der Waals surface area contributed by atoms with Gasteiger partial charge in [0.1, 0.15) is 0 Å². The van der Waals surface area contributed by atoms with E-state index in [-0.39, 0.29) is 23.5 Å². The molecule has 4 nitrogen and oxygen atoms in total. The molecule has 0 fully saturated rings. The lowest BCUT2D eigenvalue weighted by Gasteiger charge is -2.42. The number of nitrogens with two attached hydrogens (primary N) is 1. The minimum atomic E-state index is -0.366. The summed E-state index contributed by atoms with van der Waals surface area (Å²) in [6.45, 7) is 9.30. The van der Waals surface area contributed by atoms with Gasteiger partial charge in [0.15, 0.2) is 5.82 Å². The molecule has 1 heterocycles. The van der Waals surface area contributed by atoms with Crippen molar-refractivity contribution in [1.29, 1.82) is 0 Å². The zero-order valence-corrected chi connectivity index (χ0v) is 18.3. The minimum absolute atomic E-state index is 0.0726. The van der Waals surface area contributed by atoms with Gasteiger partial charge in [0.25, 0.3) is 0 Å². The van der Waals surface area contributed by atoms with E-state index in [1.165, 1.54) is 24.0 Å². The van der Waals surface area contributed by atoms with Gasteiger partial charge in [0.2, 0.25) is 0 Å². The molecule has 1 aliphatic carbocycles. The number of benzene rings is 2. The van der Waals surface area contributed by atoms with E-state index in [0.29, 0.717) is 5.82 Å². The van der Waals surface area contributed by atoms with E-state index in [1.807, 2.05) is 36.5 Å². The monoisotopic (exact) mass is 401 g/mol. The predicted molar refractivity (Wildman–Crippen MR) is 122 cm³/mol. The molecule has 0 amide bonds. The van der Waals surface area contributed by atoms with Crippen LogP contribution in [0.15, 0.2) is 54.7 Å². The van der Waals surface area contributed by atoms with E-state index >= 15 is 0 Å². The summed E-state index contributed by atoms with van der Waals surface area (Å²) in [5, 5.41) is 9.24. The highest BCUT2D eigenvalue weighted by atomic mass is 16.3. The summed E-state index contributed by atoms with van der Waals surface area (Å²) in [4.78, 5) is 9.33. The third-order valence-electron chi connectivity index (χ3n) is 6.60. The van der Waals surface area contributed by atoms with Gasteiger partial charge in [-0.2, -0.15) is 0 Å². The van der Waals surface area contributed by atoms with Crippen LogP contribution in [0.1, 0.15) is 63.3 Å². The molecule has 0 saturated heterocycles. The lowest BCUT2D eigenvalue weighted by atomic mass is 9.63. The zero-order chi connectivity index (χ0) is 21.5. The van der Waals surface area contributed by atoms with Gasteiger partial charge in [-0.3, -0.25) is 0 Å². The SMILES string of the molecule is CC1(C)CCC(C)(C)c2cc(-c3ccnc(-c4ccc(C(N)CO)cc4)n3)ccc21. The van der Waals surface area contributed by atoms with Gasteiger partial charge in [0.05, 0.1) is 18.3 Å². The average molecular weight is 402 g/mol. The summed E-state index contributed by atoms with van der Waals surface area (Å²) in [6.07, 6.45) is 4.22. The maximum atomic E-state index is 9.24. The van der Waals surface area contributed by atoms with Crippen molar-refractivity contribution < 1.29 is 5.11 Å². The highest BCUT2D eigenvalue weighted by molar-refractivity contribution is 5.66. The van der Waals surface area contributed by atoms with E-state index in [4.69, 9.17) is 10.7 Å². The maximum Gasteiger partial charge on any atom is 0.159 e. The number of nitrogens with zero attached hydrogens (tertiary/aromatic N) is 2. The number of hydrogen-bond donors (Lipinski definition) is 2. The van der Waals surface area contributed by atoms with E-state index in [1.54, 1.807) is 0 Å². The molecule has 0 bridgehead atoms. The number of hydrogen-bond acceptors (Lipinski definition) is 4. The fraction of sp³-hybridized carbons (Fsp3) is 0.385. The summed E-state index contributed by atoms with van der Waals surface area (Å²) < 4.78 is 0. The van der Waals surface area contributed by atoms with E-state index in [2.05, 4.69) is 50.9 Å². The summed E-state index contributed by atoms with van der Waals surface area (Å²) in [7, 11) is 0. The second-order valence-electron chi connectivity index (χ2n) is 9.70. The van der Waals surface area contributed by atoms with Gasteiger partial charge in [-0.25, -0.2) is 9.97 Å². The van der Waals surface area contributed by atoms with Gasteiger partial charge in [0, 0.05) is 17.3 Å². The smallest absolute Gasteiger partial charge is 0.159 e. The number of aromatic nitrogens is 2. The van der Waals surface area contributed by atoms with Crippen LogP contribution in [0.25, 0.3) is 22.6 Å². The van der Waals surface area contributed by atoms with E-state index in [9.17, 15) is 5.11 Å². The zero-order valence-electron chi connectivity index (χ0n) is 18.3. The Kier molecular flexibility index (Phi) is 5.25. The van der Waals surface area contributed by atoms with Crippen molar-refractivity contribution in [1.82, 2.24) is 9.97 Å². The topological polar surface area (TPSA) is 72.0 Å². The Morgan fingerprint density at radius 1 is 0.900 bits per heavy atom. The van der Waals surface area contributed by atoms with Crippen LogP contribution >= 0.6 is 0 Å². The number of fused-ring (bicyclic) bond motifs is 1. The van der Waals surface area contributed by atoms with Crippen molar-refractivity contribution in [3.05, 3.63) is 71.4 Å².